The van der Waals surface area contributed by atoms with E-state index in [1.54, 1.807) is 6.08 Å². The first-order chi connectivity index (χ1) is 14.0. The number of carbonyl (C=O) groups excluding carboxylic acids is 2. The van der Waals surface area contributed by atoms with Crippen LogP contribution in [0.3, 0.4) is 0 Å². The summed E-state index contributed by atoms with van der Waals surface area (Å²) in [7, 11) is 0. The number of rotatable bonds is 6. The highest BCUT2D eigenvalue weighted by Crippen LogP contribution is 2.21. The highest BCUT2D eigenvalue weighted by atomic mass is 16.2. The predicted molar refractivity (Wildman–Crippen MR) is 115 cm³/mol. The highest BCUT2D eigenvalue weighted by Gasteiger charge is 2.26. The smallest absolute Gasteiger partial charge is 0.246 e. The van der Waals surface area contributed by atoms with Gasteiger partial charge in [0.05, 0.1) is 11.4 Å². The van der Waals surface area contributed by atoms with Crippen molar-refractivity contribution in [2.75, 3.05) is 19.6 Å². The van der Waals surface area contributed by atoms with Crippen LogP contribution in [0.1, 0.15) is 43.1 Å². The van der Waals surface area contributed by atoms with Crippen molar-refractivity contribution in [3.05, 3.63) is 53.4 Å². The van der Waals surface area contributed by atoms with Gasteiger partial charge in [-0.25, -0.2) is 4.68 Å². The van der Waals surface area contributed by atoms with Crippen LogP contribution in [0.2, 0.25) is 0 Å². The van der Waals surface area contributed by atoms with Crippen LogP contribution < -0.4 is 5.32 Å². The second kappa shape index (κ2) is 9.54. The zero-order valence-corrected chi connectivity index (χ0v) is 17.5. The third kappa shape index (κ3) is 4.94. The Hall–Kier alpha value is -2.89. The van der Waals surface area contributed by atoms with E-state index in [1.807, 2.05) is 66.8 Å². The first-order valence-corrected chi connectivity index (χ1v) is 10.4. The summed E-state index contributed by atoms with van der Waals surface area (Å²) in [5, 5.41) is 7.58. The van der Waals surface area contributed by atoms with Gasteiger partial charge in [0.2, 0.25) is 11.8 Å². The van der Waals surface area contributed by atoms with Crippen molar-refractivity contribution >= 4 is 17.9 Å². The fourth-order valence-electron chi connectivity index (χ4n) is 3.73. The molecule has 154 valence electrons. The maximum atomic E-state index is 12.6. The lowest BCUT2D eigenvalue weighted by Gasteiger charge is -2.30. The van der Waals surface area contributed by atoms with Crippen LogP contribution in [-0.2, 0) is 9.59 Å². The zero-order chi connectivity index (χ0) is 20.8. The van der Waals surface area contributed by atoms with Crippen LogP contribution in [0.4, 0.5) is 0 Å². The molecule has 1 aliphatic heterocycles. The summed E-state index contributed by atoms with van der Waals surface area (Å²) >= 11 is 0. The van der Waals surface area contributed by atoms with Crippen LogP contribution in [0.5, 0.6) is 0 Å². The first kappa shape index (κ1) is 20.8. The van der Waals surface area contributed by atoms with Crippen molar-refractivity contribution in [2.45, 2.75) is 40.0 Å². The second-order valence-corrected chi connectivity index (χ2v) is 7.56. The van der Waals surface area contributed by atoms with Gasteiger partial charge < -0.3 is 10.2 Å². The molecule has 1 aliphatic rings. The van der Waals surface area contributed by atoms with Crippen molar-refractivity contribution < 1.29 is 9.59 Å². The minimum absolute atomic E-state index is 0.0105. The van der Waals surface area contributed by atoms with E-state index in [1.165, 1.54) is 0 Å². The van der Waals surface area contributed by atoms with E-state index in [0.717, 1.165) is 48.4 Å². The number of aromatic nitrogens is 2. The minimum Gasteiger partial charge on any atom is -0.356 e. The Kier molecular flexibility index (Phi) is 6.86. The van der Waals surface area contributed by atoms with Crippen molar-refractivity contribution in [1.29, 1.82) is 0 Å². The van der Waals surface area contributed by atoms with E-state index >= 15 is 0 Å². The van der Waals surface area contributed by atoms with Gasteiger partial charge in [0.1, 0.15) is 0 Å². The van der Waals surface area contributed by atoms with Crippen LogP contribution in [0.25, 0.3) is 11.8 Å². The lowest BCUT2D eigenvalue weighted by Crippen LogP contribution is -2.42. The molecule has 1 fully saturated rings. The summed E-state index contributed by atoms with van der Waals surface area (Å²) in [4.78, 5) is 26.6. The van der Waals surface area contributed by atoms with Gasteiger partial charge in [0, 0.05) is 42.9 Å². The van der Waals surface area contributed by atoms with Crippen molar-refractivity contribution in [3.8, 4) is 5.69 Å². The second-order valence-electron chi connectivity index (χ2n) is 7.56. The summed E-state index contributed by atoms with van der Waals surface area (Å²) < 4.78 is 1.90. The van der Waals surface area contributed by atoms with Crippen molar-refractivity contribution in [1.82, 2.24) is 20.0 Å². The number of nitrogens with one attached hydrogen (secondary N) is 1. The first-order valence-electron chi connectivity index (χ1n) is 10.4. The maximum Gasteiger partial charge on any atom is 0.246 e. The van der Waals surface area contributed by atoms with E-state index in [0.29, 0.717) is 13.1 Å². The summed E-state index contributed by atoms with van der Waals surface area (Å²) in [5.41, 5.74) is 3.87. The molecule has 0 spiro atoms. The Morgan fingerprint density at radius 3 is 2.52 bits per heavy atom. The molecule has 1 aromatic heterocycles. The number of hydrogen-bond acceptors (Lipinski definition) is 3. The SMILES string of the molecule is CCCNC(=O)C1CCN(C(=O)/C=C/c2c(C)nn(-c3ccccc3)c2C)CC1. The maximum absolute atomic E-state index is 12.6. The molecule has 0 atom stereocenters. The Balaban J connectivity index is 1.62. The van der Waals surface area contributed by atoms with Crippen molar-refractivity contribution in [3.63, 3.8) is 0 Å². The van der Waals surface area contributed by atoms with Gasteiger partial charge in [0.15, 0.2) is 0 Å². The third-order valence-electron chi connectivity index (χ3n) is 5.47. The Morgan fingerprint density at radius 1 is 1.17 bits per heavy atom. The molecule has 2 aromatic rings. The number of hydrogen-bond donors (Lipinski definition) is 1. The molecular weight excluding hydrogens is 364 g/mol. The summed E-state index contributed by atoms with van der Waals surface area (Å²) in [6.07, 6.45) is 5.87. The van der Waals surface area contributed by atoms with Crippen LogP contribution in [0, 0.1) is 19.8 Å². The van der Waals surface area contributed by atoms with Gasteiger partial charge in [-0.1, -0.05) is 25.1 Å². The van der Waals surface area contributed by atoms with Gasteiger partial charge in [-0.15, -0.1) is 0 Å². The summed E-state index contributed by atoms with van der Waals surface area (Å²) in [6, 6.07) is 9.97. The fraction of sp³-hybridized carbons (Fsp3) is 0.435. The third-order valence-corrected chi connectivity index (χ3v) is 5.47. The van der Waals surface area contributed by atoms with E-state index in [-0.39, 0.29) is 17.7 Å². The predicted octanol–water partition coefficient (Wildman–Crippen LogP) is 3.27. The molecule has 0 radical (unpaired) electrons. The normalized spacial score (nSPS) is 15.1. The quantitative estimate of drug-likeness (QED) is 0.765. The molecule has 2 amide bonds. The number of carbonyl (C=O) groups is 2. The lowest BCUT2D eigenvalue weighted by molar-refractivity contribution is -0.132. The summed E-state index contributed by atoms with van der Waals surface area (Å²) in [6.45, 7) is 7.97. The molecule has 1 N–H and O–H groups in total. The number of para-hydroxylation sites is 1. The molecule has 0 saturated carbocycles. The largest absolute Gasteiger partial charge is 0.356 e. The molecule has 0 unspecified atom stereocenters. The molecule has 3 rings (SSSR count). The fourth-order valence-corrected chi connectivity index (χ4v) is 3.73. The topological polar surface area (TPSA) is 67.2 Å². The number of aryl methyl sites for hydroxylation is 1. The molecular formula is C23H30N4O2. The van der Waals surface area contributed by atoms with Gasteiger partial charge in [0.25, 0.3) is 0 Å². The van der Waals surface area contributed by atoms with E-state index in [4.69, 9.17) is 0 Å². The van der Waals surface area contributed by atoms with E-state index in [2.05, 4.69) is 10.4 Å². The number of nitrogens with zero attached hydrogens (tertiary/aromatic N) is 3. The molecule has 6 nitrogen and oxygen atoms in total. The van der Waals surface area contributed by atoms with Crippen molar-refractivity contribution in [2.24, 2.45) is 5.92 Å². The van der Waals surface area contributed by atoms with Crippen LogP contribution in [0.15, 0.2) is 36.4 Å². The average Bonchev–Trinajstić information content (AvgIpc) is 3.04. The molecule has 0 aliphatic carbocycles. The molecule has 0 bridgehead atoms. The Bertz CT molecular complexity index is 878. The number of benzene rings is 1. The number of amides is 2. The zero-order valence-electron chi connectivity index (χ0n) is 17.5. The van der Waals surface area contributed by atoms with Gasteiger partial charge in [-0.3, -0.25) is 9.59 Å². The molecule has 2 heterocycles. The average molecular weight is 395 g/mol. The number of likely N-dealkylation sites (tertiary alicyclic amines) is 1. The standard InChI is InChI=1S/C23H30N4O2/c1-4-14-24-23(29)19-12-15-26(16-13-19)22(28)11-10-21-17(2)25-27(18(21)3)20-8-6-5-7-9-20/h5-11,19H,4,12-16H2,1-3H3,(H,24,29)/b11-10+. The summed E-state index contributed by atoms with van der Waals surface area (Å²) in [5.74, 6) is 0.126. The lowest BCUT2D eigenvalue weighted by atomic mass is 9.96. The van der Waals surface area contributed by atoms with E-state index < -0.39 is 0 Å². The molecule has 6 heteroatoms. The van der Waals surface area contributed by atoms with Gasteiger partial charge in [-0.2, -0.15) is 5.10 Å². The monoisotopic (exact) mass is 394 g/mol. The molecule has 1 aromatic carbocycles. The number of piperidine rings is 1. The van der Waals surface area contributed by atoms with Gasteiger partial charge in [-0.05, 0) is 51.3 Å². The Labute approximate surface area is 172 Å². The van der Waals surface area contributed by atoms with Crippen LogP contribution >= 0.6 is 0 Å². The molecule has 1 saturated heterocycles. The van der Waals surface area contributed by atoms with Gasteiger partial charge >= 0.3 is 0 Å². The highest BCUT2D eigenvalue weighted by molar-refractivity contribution is 5.92. The molecule has 29 heavy (non-hydrogen) atoms. The minimum atomic E-state index is -0.0105. The van der Waals surface area contributed by atoms with E-state index in [9.17, 15) is 9.59 Å². The Morgan fingerprint density at radius 2 is 1.86 bits per heavy atom. The van der Waals surface area contributed by atoms with Crippen LogP contribution in [-0.4, -0.2) is 46.1 Å².